The minimum atomic E-state index is -0.375. The fraction of sp³-hybridized carbons (Fsp3) is 0.211. The number of aromatic nitrogens is 1. The number of rotatable bonds is 6. The molecule has 0 atom stereocenters. The lowest BCUT2D eigenvalue weighted by atomic mass is 10.2. The molecule has 0 unspecified atom stereocenters. The lowest BCUT2D eigenvalue weighted by molar-refractivity contribution is -0.118. The van der Waals surface area contributed by atoms with Gasteiger partial charge in [0.2, 0.25) is 0 Å². The van der Waals surface area contributed by atoms with E-state index in [2.05, 4.69) is 10.3 Å². The SMILES string of the molecule is CCOC(=O)c1ccc2nc(NC(=O)COc3ccccc3C)sc2c1. The summed E-state index contributed by atoms with van der Waals surface area (Å²) in [5.41, 5.74) is 2.13. The summed E-state index contributed by atoms with van der Waals surface area (Å²) in [4.78, 5) is 28.2. The molecule has 0 aliphatic carbocycles. The van der Waals surface area contributed by atoms with Crippen molar-refractivity contribution in [2.75, 3.05) is 18.5 Å². The summed E-state index contributed by atoms with van der Waals surface area (Å²) >= 11 is 1.29. The molecular weight excluding hydrogens is 352 g/mol. The van der Waals surface area contributed by atoms with Crippen LogP contribution in [-0.2, 0) is 9.53 Å². The first-order chi connectivity index (χ1) is 12.6. The highest BCUT2D eigenvalue weighted by Crippen LogP contribution is 2.27. The molecule has 0 saturated carbocycles. The van der Waals surface area contributed by atoms with Gasteiger partial charge in [-0.3, -0.25) is 10.1 Å². The maximum absolute atomic E-state index is 12.1. The van der Waals surface area contributed by atoms with Crippen LogP contribution < -0.4 is 10.1 Å². The van der Waals surface area contributed by atoms with E-state index in [0.29, 0.717) is 28.6 Å². The highest BCUT2D eigenvalue weighted by Gasteiger charge is 2.12. The number of aryl methyl sites for hydroxylation is 1. The second-order valence-corrected chi connectivity index (χ2v) is 6.55. The number of ether oxygens (including phenoxy) is 2. The number of thiazole rings is 1. The number of benzene rings is 2. The second kappa shape index (κ2) is 7.97. The normalized spacial score (nSPS) is 10.5. The first kappa shape index (κ1) is 17.9. The topological polar surface area (TPSA) is 77.5 Å². The van der Waals surface area contributed by atoms with Crippen LogP contribution >= 0.6 is 11.3 Å². The minimum absolute atomic E-state index is 0.102. The maximum Gasteiger partial charge on any atom is 0.338 e. The van der Waals surface area contributed by atoms with E-state index in [0.717, 1.165) is 10.3 Å². The van der Waals surface area contributed by atoms with Crippen molar-refractivity contribution in [2.24, 2.45) is 0 Å². The molecule has 0 spiro atoms. The molecule has 3 aromatic rings. The highest BCUT2D eigenvalue weighted by molar-refractivity contribution is 7.22. The Morgan fingerprint density at radius 3 is 2.77 bits per heavy atom. The van der Waals surface area contributed by atoms with Crippen LogP contribution in [0.4, 0.5) is 5.13 Å². The number of carbonyl (C=O) groups excluding carboxylic acids is 2. The number of hydrogen-bond donors (Lipinski definition) is 1. The zero-order valence-electron chi connectivity index (χ0n) is 14.4. The van der Waals surface area contributed by atoms with Gasteiger partial charge in [-0.05, 0) is 43.7 Å². The lowest BCUT2D eigenvalue weighted by Gasteiger charge is -2.07. The van der Waals surface area contributed by atoms with Gasteiger partial charge in [-0.1, -0.05) is 29.5 Å². The first-order valence-corrected chi connectivity index (χ1v) is 8.94. The van der Waals surface area contributed by atoms with Crippen LogP contribution in [0.3, 0.4) is 0 Å². The van der Waals surface area contributed by atoms with Gasteiger partial charge in [0.05, 0.1) is 22.4 Å². The van der Waals surface area contributed by atoms with E-state index in [9.17, 15) is 9.59 Å². The molecule has 0 aliphatic heterocycles. The van der Waals surface area contributed by atoms with Crippen LogP contribution in [0.2, 0.25) is 0 Å². The van der Waals surface area contributed by atoms with Crippen molar-refractivity contribution in [2.45, 2.75) is 13.8 Å². The molecular formula is C19H18N2O4S. The van der Waals surface area contributed by atoms with Gasteiger partial charge >= 0.3 is 5.97 Å². The van der Waals surface area contributed by atoms with Crippen LogP contribution in [0.25, 0.3) is 10.2 Å². The number of anilines is 1. The molecule has 134 valence electrons. The van der Waals surface area contributed by atoms with Gasteiger partial charge in [0.1, 0.15) is 5.75 Å². The average molecular weight is 370 g/mol. The van der Waals surface area contributed by atoms with Crippen LogP contribution in [0.5, 0.6) is 5.75 Å². The molecule has 1 aromatic heterocycles. The molecule has 0 radical (unpaired) electrons. The van der Waals surface area contributed by atoms with E-state index < -0.39 is 0 Å². The summed E-state index contributed by atoms with van der Waals surface area (Å²) in [6.45, 7) is 3.90. The van der Waals surface area contributed by atoms with Crippen molar-refractivity contribution in [1.29, 1.82) is 0 Å². The Hall–Kier alpha value is -2.93. The fourth-order valence-corrected chi connectivity index (χ4v) is 3.26. The Morgan fingerprint density at radius 2 is 2.00 bits per heavy atom. The summed E-state index contributed by atoms with van der Waals surface area (Å²) in [5.74, 6) is 0.00368. The second-order valence-electron chi connectivity index (χ2n) is 5.52. The van der Waals surface area contributed by atoms with E-state index in [-0.39, 0.29) is 18.5 Å². The Balaban J connectivity index is 1.65. The summed E-state index contributed by atoms with van der Waals surface area (Å²) < 4.78 is 11.3. The molecule has 1 N–H and O–H groups in total. The van der Waals surface area contributed by atoms with Crippen LogP contribution in [0.15, 0.2) is 42.5 Å². The largest absolute Gasteiger partial charge is 0.483 e. The van der Waals surface area contributed by atoms with E-state index in [1.165, 1.54) is 11.3 Å². The zero-order chi connectivity index (χ0) is 18.5. The number of esters is 1. The number of para-hydroxylation sites is 1. The van der Waals surface area contributed by atoms with Gasteiger partial charge in [-0.2, -0.15) is 0 Å². The van der Waals surface area contributed by atoms with E-state index in [1.807, 2.05) is 31.2 Å². The average Bonchev–Trinajstić information content (AvgIpc) is 3.02. The van der Waals surface area contributed by atoms with Gasteiger partial charge in [-0.25, -0.2) is 9.78 Å². The molecule has 6 nitrogen and oxygen atoms in total. The van der Waals surface area contributed by atoms with Crippen LogP contribution in [-0.4, -0.2) is 30.1 Å². The Morgan fingerprint density at radius 1 is 1.19 bits per heavy atom. The quantitative estimate of drug-likeness (QED) is 0.668. The third-order valence-corrected chi connectivity index (χ3v) is 4.53. The molecule has 0 aliphatic rings. The van der Waals surface area contributed by atoms with Crippen molar-refractivity contribution >= 4 is 38.6 Å². The van der Waals surface area contributed by atoms with E-state index >= 15 is 0 Å². The van der Waals surface area contributed by atoms with Crippen molar-refractivity contribution in [3.63, 3.8) is 0 Å². The van der Waals surface area contributed by atoms with Crippen LogP contribution in [0.1, 0.15) is 22.8 Å². The number of nitrogens with zero attached hydrogens (tertiary/aromatic N) is 1. The monoisotopic (exact) mass is 370 g/mol. The highest BCUT2D eigenvalue weighted by atomic mass is 32.1. The Bertz CT molecular complexity index is 952. The molecule has 2 aromatic carbocycles. The van der Waals surface area contributed by atoms with Gasteiger partial charge in [0, 0.05) is 0 Å². The van der Waals surface area contributed by atoms with Gasteiger partial charge < -0.3 is 9.47 Å². The zero-order valence-corrected chi connectivity index (χ0v) is 15.3. The lowest BCUT2D eigenvalue weighted by Crippen LogP contribution is -2.20. The Kier molecular flexibility index (Phi) is 5.48. The standard InChI is InChI=1S/C19H18N2O4S/c1-3-24-18(23)13-8-9-14-16(10-13)26-19(20-14)21-17(22)11-25-15-7-5-4-6-12(15)2/h4-10H,3,11H2,1-2H3,(H,20,21,22). The molecule has 1 heterocycles. The minimum Gasteiger partial charge on any atom is -0.483 e. The summed E-state index contributed by atoms with van der Waals surface area (Å²) in [6, 6.07) is 12.6. The summed E-state index contributed by atoms with van der Waals surface area (Å²) in [5, 5.41) is 3.18. The molecule has 3 rings (SSSR count). The molecule has 0 fully saturated rings. The fourth-order valence-electron chi connectivity index (χ4n) is 2.34. The first-order valence-electron chi connectivity index (χ1n) is 8.13. The number of nitrogens with one attached hydrogen (secondary N) is 1. The molecule has 0 saturated heterocycles. The summed E-state index contributed by atoms with van der Waals surface area (Å²) in [7, 11) is 0. The number of fused-ring (bicyclic) bond motifs is 1. The van der Waals surface area contributed by atoms with Crippen molar-refractivity contribution in [3.05, 3.63) is 53.6 Å². The maximum atomic E-state index is 12.1. The predicted molar refractivity (Wildman–Crippen MR) is 101 cm³/mol. The summed E-state index contributed by atoms with van der Waals surface area (Å²) in [6.07, 6.45) is 0. The molecule has 7 heteroatoms. The predicted octanol–water partition coefficient (Wildman–Crippen LogP) is 3.80. The Labute approximate surface area is 154 Å². The van der Waals surface area contributed by atoms with E-state index in [4.69, 9.17) is 9.47 Å². The van der Waals surface area contributed by atoms with Crippen LogP contribution in [0, 0.1) is 6.92 Å². The third kappa shape index (κ3) is 4.18. The van der Waals surface area contributed by atoms with Crippen molar-refractivity contribution in [1.82, 2.24) is 4.98 Å². The molecule has 0 bridgehead atoms. The molecule has 1 amide bonds. The number of carbonyl (C=O) groups is 2. The number of amides is 1. The van der Waals surface area contributed by atoms with Gasteiger partial charge in [-0.15, -0.1) is 0 Å². The third-order valence-electron chi connectivity index (χ3n) is 3.60. The van der Waals surface area contributed by atoms with Crippen molar-refractivity contribution < 1.29 is 19.1 Å². The smallest absolute Gasteiger partial charge is 0.338 e. The number of hydrogen-bond acceptors (Lipinski definition) is 6. The van der Waals surface area contributed by atoms with Crippen molar-refractivity contribution in [3.8, 4) is 5.75 Å². The van der Waals surface area contributed by atoms with Gasteiger partial charge in [0.15, 0.2) is 11.7 Å². The van der Waals surface area contributed by atoms with E-state index in [1.54, 1.807) is 25.1 Å². The van der Waals surface area contributed by atoms with Gasteiger partial charge in [0.25, 0.3) is 5.91 Å². The molecule has 26 heavy (non-hydrogen) atoms.